The number of hydrogen-bond acceptors (Lipinski definition) is 3. The van der Waals surface area contributed by atoms with Crippen molar-refractivity contribution < 1.29 is 9.53 Å². The number of hydrogen-bond donors (Lipinski definition) is 1. The lowest BCUT2D eigenvalue weighted by Gasteiger charge is -2.36. The second-order valence-electron chi connectivity index (χ2n) is 6.97. The van der Waals surface area contributed by atoms with Crippen LogP contribution in [0.3, 0.4) is 0 Å². The van der Waals surface area contributed by atoms with Gasteiger partial charge in [0, 0.05) is 26.7 Å². The number of methoxy groups -OCH3 is 1. The first-order valence-corrected chi connectivity index (χ1v) is 8.95. The molecule has 2 rings (SSSR count). The number of piperidine rings is 1. The van der Waals surface area contributed by atoms with Gasteiger partial charge in [-0.1, -0.05) is 12.8 Å². The first-order chi connectivity index (χ1) is 10.7. The van der Waals surface area contributed by atoms with Crippen LogP contribution in [0.1, 0.15) is 45.4 Å². The first-order valence-electron chi connectivity index (χ1n) is 8.95. The summed E-state index contributed by atoms with van der Waals surface area (Å²) in [6, 6.07) is 0.147. The fraction of sp³-hybridized carbons (Fsp3) is 0.941. The number of carbonyl (C=O) groups is 1. The molecule has 0 aliphatic carbocycles. The van der Waals surface area contributed by atoms with Crippen molar-refractivity contribution in [2.24, 2.45) is 5.92 Å². The topological polar surface area (TPSA) is 44.8 Å². The molecule has 22 heavy (non-hydrogen) atoms. The third-order valence-electron chi connectivity index (χ3n) is 4.81. The highest BCUT2D eigenvalue weighted by atomic mass is 16.5. The SMILES string of the molecule is COC[C@@H](C)NC(=O)N1CCC[C@H](CN2CCCCCC2)C1. The molecule has 2 saturated heterocycles. The molecule has 128 valence electrons. The summed E-state index contributed by atoms with van der Waals surface area (Å²) in [6.45, 7) is 8.00. The number of amides is 2. The van der Waals surface area contributed by atoms with Gasteiger partial charge in [-0.05, 0) is 51.6 Å². The quantitative estimate of drug-likeness (QED) is 0.847. The van der Waals surface area contributed by atoms with Gasteiger partial charge >= 0.3 is 6.03 Å². The fourth-order valence-corrected chi connectivity index (χ4v) is 3.68. The van der Waals surface area contributed by atoms with E-state index in [0.29, 0.717) is 12.5 Å². The molecular weight excluding hydrogens is 278 g/mol. The van der Waals surface area contributed by atoms with E-state index < -0.39 is 0 Å². The van der Waals surface area contributed by atoms with E-state index in [2.05, 4.69) is 10.2 Å². The lowest BCUT2D eigenvalue weighted by molar-refractivity contribution is 0.130. The number of ether oxygens (including phenoxy) is 1. The van der Waals surface area contributed by atoms with Crippen molar-refractivity contribution in [2.75, 3.05) is 46.4 Å². The molecular formula is C17H33N3O2. The minimum absolute atomic E-state index is 0.0727. The normalized spacial score (nSPS) is 25.5. The molecule has 2 atom stereocenters. The Balaban J connectivity index is 1.76. The third kappa shape index (κ3) is 5.76. The second-order valence-corrected chi connectivity index (χ2v) is 6.97. The van der Waals surface area contributed by atoms with Crippen molar-refractivity contribution in [1.82, 2.24) is 15.1 Å². The van der Waals surface area contributed by atoms with E-state index in [1.54, 1.807) is 7.11 Å². The average Bonchev–Trinajstić information content (AvgIpc) is 2.76. The van der Waals surface area contributed by atoms with Gasteiger partial charge in [0.25, 0.3) is 0 Å². The molecule has 2 aliphatic heterocycles. The van der Waals surface area contributed by atoms with Gasteiger partial charge in [-0.25, -0.2) is 4.79 Å². The van der Waals surface area contributed by atoms with Crippen LogP contribution in [-0.4, -0.2) is 68.3 Å². The van der Waals surface area contributed by atoms with Crippen molar-refractivity contribution in [1.29, 1.82) is 0 Å². The maximum absolute atomic E-state index is 12.3. The standard InChI is InChI=1S/C17H33N3O2/c1-15(14-22-2)18-17(21)20-11-7-8-16(13-20)12-19-9-5-3-4-6-10-19/h15-16H,3-14H2,1-2H3,(H,18,21)/t15-,16-/m1/s1. The number of rotatable bonds is 5. The van der Waals surface area contributed by atoms with Crippen LogP contribution >= 0.6 is 0 Å². The molecule has 0 saturated carbocycles. The van der Waals surface area contributed by atoms with E-state index in [4.69, 9.17) is 4.74 Å². The average molecular weight is 311 g/mol. The maximum atomic E-state index is 12.3. The van der Waals surface area contributed by atoms with Crippen molar-refractivity contribution in [2.45, 2.75) is 51.5 Å². The number of carbonyl (C=O) groups excluding carboxylic acids is 1. The summed E-state index contributed by atoms with van der Waals surface area (Å²) in [7, 11) is 1.67. The molecule has 0 aromatic carbocycles. The lowest BCUT2D eigenvalue weighted by Crippen LogP contribution is -2.50. The largest absolute Gasteiger partial charge is 0.383 e. The highest BCUT2D eigenvalue weighted by Crippen LogP contribution is 2.19. The van der Waals surface area contributed by atoms with Crippen LogP contribution in [0.15, 0.2) is 0 Å². The molecule has 0 aromatic heterocycles. The summed E-state index contributed by atoms with van der Waals surface area (Å²) in [6.07, 6.45) is 7.83. The van der Waals surface area contributed by atoms with Crippen LogP contribution in [0, 0.1) is 5.92 Å². The second kappa shape index (κ2) is 9.36. The zero-order valence-corrected chi connectivity index (χ0v) is 14.4. The zero-order valence-electron chi connectivity index (χ0n) is 14.4. The minimum atomic E-state index is 0.0727. The first kappa shape index (κ1) is 17.5. The van der Waals surface area contributed by atoms with Gasteiger partial charge in [0.15, 0.2) is 0 Å². The van der Waals surface area contributed by atoms with E-state index in [1.807, 2.05) is 11.8 Å². The van der Waals surface area contributed by atoms with Crippen LogP contribution in [0.4, 0.5) is 4.79 Å². The molecule has 2 amide bonds. The number of nitrogens with one attached hydrogen (secondary N) is 1. The highest BCUT2D eigenvalue weighted by molar-refractivity contribution is 5.74. The smallest absolute Gasteiger partial charge is 0.317 e. The fourth-order valence-electron chi connectivity index (χ4n) is 3.68. The molecule has 0 unspecified atom stereocenters. The number of nitrogens with zero attached hydrogens (tertiary/aromatic N) is 2. The summed E-state index contributed by atoms with van der Waals surface area (Å²) < 4.78 is 5.09. The Morgan fingerprint density at radius 3 is 2.59 bits per heavy atom. The van der Waals surface area contributed by atoms with Gasteiger partial charge in [-0.15, -0.1) is 0 Å². The Morgan fingerprint density at radius 2 is 1.91 bits per heavy atom. The van der Waals surface area contributed by atoms with Crippen molar-refractivity contribution in [3.8, 4) is 0 Å². The minimum Gasteiger partial charge on any atom is -0.383 e. The molecule has 0 bridgehead atoms. The Kier molecular flexibility index (Phi) is 7.46. The monoisotopic (exact) mass is 311 g/mol. The summed E-state index contributed by atoms with van der Waals surface area (Å²) >= 11 is 0. The predicted molar refractivity (Wildman–Crippen MR) is 89.1 cm³/mol. The van der Waals surface area contributed by atoms with Gasteiger partial charge in [0.2, 0.25) is 0 Å². The molecule has 5 heteroatoms. The third-order valence-corrected chi connectivity index (χ3v) is 4.81. The molecule has 2 fully saturated rings. The van der Waals surface area contributed by atoms with E-state index in [-0.39, 0.29) is 12.1 Å². The van der Waals surface area contributed by atoms with Gasteiger partial charge in [0.05, 0.1) is 12.6 Å². The molecule has 5 nitrogen and oxygen atoms in total. The molecule has 0 spiro atoms. The molecule has 2 heterocycles. The van der Waals surface area contributed by atoms with E-state index >= 15 is 0 Å². The summed E-state index contributed by atoms with van der Waals surface area (Å²) in [5.74, 6) is 0.635. The Hall–Kier alpha value is -0.810. The maximum Gasteiger partial charge on any atom is 0.317 e. The van der Waals surface area contributed by atoms with Crippen LogP contribution < -0.4 is 5.32 Å². The van der Waals surface area contributed by atoms with E-state index in [9.17, 15) is 4.79 Å². The number of likely N-dealkylation sites (tertiary alicyclic amines) is 2. The van der Waals surface area contributed by atoms with Crippen molar-refractivity contribution in [3.63, 3.8) is 0 Å². The van der Waals surface area contributed by atoms with Crippen LogP contribution in [0.25, 0.3) is 0 Å². The number of urea groups is 1. The van der Waals surface area contributed by atoms with Gasteiger partial charge in [-0.3, -0.25) is 0 Å². The molecule has 2 aliphatic rings. The van der Waals surface area contributed by atoms with Crippen LogP contribution in [-0.2, 0) is 4.74 Å². The van der Waals surface area contributed by atoms with Crippen LogP contribution in [0.5, 0.6) is 0 Å². The summed E-state index contributed by atoms with van der Waals surface area (Å²) in [4.78, 5) is 16.9. The Bertz CT molecular complexity index is 330. The van der Waals surface area contributed by atoms with E-state index in [1.165, 1.54) is 45.2 Å². The summed E-state index contributed by atoms with van der Waals surface area (Å²) in [5.41, 5.74) is 0. The van der Waals surface area contributed by atoms with E-state index in [0.717, 1.165) is 26.1 Å². The predicted octanol–water partition coefficient (Wildman–Crippen LogP) is 2.32. The van der Waals surface area contributed by atoms with Gasteiger partial charge in [0.1, 0.15) is 0 Å². The molecule has 1 N–H and O–H groups in total. The molecule has 0 radical (unpaired) electrons. The highest BCUT2D eigenvalue weighted by Gasteiger charge is 2.26. The molecule has 0 aromatic rings. The Morgan fingerprint density at radius 1 is 1.18 bits per heavy atom. The van der Waals surface area contributed by atoms with Crippen LogP contribution in [0.2, 0.25) is 0 Å². The summed E-state index contributed by atoms with van der Waals surface area (Å²) in [5, 5.41) is 3.03. The Labute approximate surface area is 135 Å². The van der Waals surface area contributed by atoms with Crippen molar-refractivity contribution >= 4 is 6.03 Å². The van der Waals surface area contributed by atoms with Crippen molar-refractivity contribution in [3.05, 3.63) is 0 Å². The lowest BCUT2D eigenvalue weighted by atomic mass is 9.97. The zero-order chi connectivity index (χ0) is 15.8. The van der Waals surface area contributed by atoms with Gasteiger partial charge < -0.3 is 19.9 Å². The van der Waals surface area contributed by atoms with Gasteiger partial charge in [-0.2, -0.15) is 0 Å².